The monoisotopic (exact) mass is 754 g/mol. The van der Waals surface area contributed by atoms with E-state index in [1.807, 2.05) is 82.7 Å². The van der Waals surface area contributed by atoms with E-state index in [2.05, 4.69) is 11.5 Å². The number of aromatic nitrogens is 4. The van der Waals surface area contributed by atoms with Crippen LogP contribution in [0.15, 0.2) is 36.4 Å². The smallest absolute Gasteiger partial charge is 0.275 e. The normalized spacial score (nSPS) is 14.4. The Hall–Kier alpha value is -4.93. The molecule has 0 saturated heterocycles. The predicted octanol–water partition coefficient (Wildman–Crippen LogP) is 8.72. The van der Waals surface area contributed by atoms with E-state index in [9.17, 15) is 4.79 Å². The van der Waals surface area contributed by atoms with Crippen molar-refractivity contribution in [1.82, 2.24) is 18.9 Å². The van der Waals surface area contributed by atoms with Crippen molar-refractivity contribution in [1.29, 1.82) is 0 Å². The Bertz CT molecular complexity index is 2480. The highest BCUT2D eigenvalue weighted by Crippen LogP contribution is 2.47. The number of nitrogens with two attached hydrogens (primary N) is 1. The molecule has 2 amide bonds. The molecule has 1 aliphatic rings. The van der Waals surface area contributed by atoms with Crippen molar-refractivity contribution in [3.63, 3.8) is 0 Å². The molecule has 0 saturated carbocycles. The van der Waals surface area contributed by atoms with Crippen molar-refractivity contribution in [3.05, 3.63) is 91.5 Å². The van der Waals surface area contributed by atoms with Gasteiger partial charge in [-0.2, -0.15) is 5.10 Å². The standard InChI is InChI=1S/C41H44Cl2N6O4/c1-20-17-26(18-21(2)35(20)43)53-16-10-11-27-28-12-13-29(42)34(33-24(5)45-47(8)25(33)6)37(28)49-22(3)19-48(41(51)38(27)49)31-15-14-30-32(39(31)52-9)23(4)36(40(44)50)46(30)7/h12-15,17-18,22H,10-11,16,19H2,1-9H3,(H2,44,50)/t22-/m1/s1. The van der Waals surface area contributed by atoms with Gasteiger partial charge in [0.05, 0.1) is 41.2 Å². The predicted molar refractivity (Wildman–Crippen MR) is 212 cm³/mol. The van der Waals surface area contributed by atoms with Gasteiger partial charge in [-0.25, -0.2) is 0 Å². The molecule has 7 rings (SSSR count). The molecule has 0 unspecified atom stereocenters. The molecule has 10 nitrogen and oxygen atoms in total. The Morgan fingerprint density at radius 1 is 1.02 bits per heavy atom. The maximum absolute atomic E-state index is 15.1. The first-order valence-electron chi connectivity index (χ1n) is 17.7. The molecule has 0 fully saturated rings. The second-order valence-electron chi connectivity index (χ2n) is 14.2. The highest BCUT2D eigenvalue weighted by atomic mass is 35.5. The van der Waals surface area contributed by atoms with Crippen LogP contribution in [0, 0.1) is 34.6 Å². The minimum atomic E-state index is -0.527. The molecule has 2 N–H and O–H groups in total. The summed E-state index contributed by atoms with van der Waals surface area (Å²) in [5.74, 6) is 0.601. The lowest BCUT2D eigenvalue weighted by atomic mass is 9.98. The largest absolute Gasteiger partial charge is 0.494 e. The van der Waals surface area contributed by atoms with Crippen LogP contribution in [-0.4, -0.2) is 51.0 Å². The summed E-state index contributed by atoms with van der Waals surface area (Å²) in [5, 5.41) is 7.77. The second-order valence-corrected chi connectivity index (χ2v) is 15.0. The number of carbonyl (C=O) groups is 2. The zero-order chi connectivity index (χ0) is 38.2. The minimum Gasteiger partial charge on any atom is -0.494 e. The maximum Gasteiger partial charge on any atom is 0.275 e. The lowest BCUT2D eigenvalue weighted by molar-refractivity contribution is 0.0955. The topological polar surface area (TPSA) is 110 Å². The number of carbonyl (C=O) groups excluding carboxylic acids is 2. The van der Waals surface area contributed by atoms with E-state index in [0.29, 0.717) is 59.4 Å². The number of amides is 2. The van der Waals surface area contributed by atoms with Gasteiger partial charge in [0.25, 0.3) is 11.8 Å². The van der Waals surface area contributed by atoms with E-state index < -0.39 is 5.91 Å². The third-order valence-electron chi connectivity index (χ3n) is 10.8. The van der Waals surface area contributed by atoms with Gasteiger partial charge in [-0.15, -0.1) is 0 Å². The van der Waals surface area contributed by atoms with E-state index in [0.717, 1.165) is 71.8 Å². The molecule has 0 aliphatic carbocycles. The summed E-state index contributed by atoms with van der Waals surface area (Å²) >= 11 is 13.5. The molecule has 6 aromatic rings. The fraction of sp³-hybridized carbons (Fsp3) is 0.341. The van der Waals surface area contributed by atoms with Crippen LogP contribution in [-0.2, 0) is 20.5 Å². The first-order valence-corrected chi connectivity index (χ1v) is 18.5. The van der Waals surface area contributed by atoms with Crippen LogP contribution in [0.1, 0.15) is 74.0 Å². The summed E-state index contributed by atoms with van der Waals surface area (Å²) in [5.41, 5.74) is 16.4. The van der Waals surface area contributed by atoms with Gasteiger partial charge in [0.15, 0.2) is 5.75 Å². The van der Waals surface area contributed by atoms with Crippen LogP contribution in [0.25, 0.3) is 32.9 Å². The molecule has 1 aliphatic heterocycles. The van der Waals surface area contributed by atoms with Crippen LogP contribution in [0.4, 0.5) is 5.69 Å². The number of fused-ring (bicyclic) bond motifs is 4. The van der Waals surface area contributed by atoms with Gasteiger partial charge in [-0.05, 0) is 107 Å². The molecular formula is C41H44Cl2N6O4. The lowest BCUT2D eigenvalue weighted by Crippen LogP contribution is -2.43. The molecule has 0 spiro atoms. The van der Waals surface area contributed by atoms with Crippen LogP contribution >= 0.6 is 23.2 Å². The first kappa shape index (κ1) is 36.4. The maximum atomic E-state index is 15.1. The first-order chi connectivity index (χ1) is 25.2. The zero-order valence-electron chi connectivity index (χ0n) is 31.6. The molecule has 12 heteroatoms. The number of halogens is 2. The fourth-order valence-corrected chi connectivity index (χ4v) is 8.76. The highest BCUT2D eigenvalue weighted by molar-refractivity contribution is 6.35. The molecule has 3 aromatic heterocycles. The number of ether oxygens (including phenoxy) is 2. The van der Waals surface area contributed by atoms with Gasteiger partial charge >= 0.3 is 0 Å². The Labute approximate surface area is 319 Å². The van der Waals surface area contributed by atoms with Crippen molar-refractivity contribution in [2.75, 3.05) is 25.2 Å². The average Bonchev–Trinajstić information content (AvgIpc) is 3.68. The number of hydrogen-bond acceptors (Lipinski definition) is 5. The summed E-state index contributed by atoms with van der Waals surface area (Å²) in [6, 6.07) is 11.5. The molecule has 1 atom stereocenters. The van der Waals surface area contributed by atoms with Crippen molar-refractivity contribution < 1.29 is 19.1 Å². The Morgan fingerprint density at radius 2 is 1.72 bits per heavy atom. The molecule has 0 radical (unpaired) electrons. The van der Waals surface area contributed by atoms with Crippen molar-refractivity contribution in [2.24, 2.45) is 19.8 Å². The van der Waals surface area contributed by atoms with Crippen molar-refractivity contribution >= 4 is 62.5 Å². The number of aryl methyl sites for hydroxylation is 7. The van der Waals surface area contributed by atoms with Gasteiger partial charge < -0.3 is 29.2 Å². The number of nitrogens with zero attached hydrogens (tertiary/aromatic N) is 5. The highest BCUT2D eigenvalue weighted by Gasteiger charge is 2.38. The van der Waals surface area contributed by atoms with Crippen molar-refractivity contribution in [3.8, 4) is 22.6 Å². The van der Waals surface area contributed by atoms with Gasteiger partial charge in [0, 0.05) is 59.3 Å². The fourth-order valence-electron chi connectivity index (χ4n) is 8.40. The summed E-state index contributed by atoms with van der Waals surface area (Å²) in [6.45, 7) is 12.8. The summed E-state index contributed by atoms with van der Waals surface area (Å²) < 4.78 is 18.1. The van der Waals surface area contributed by atoms with E-state index >= 15 is 4.79 Å². The lowest BCUT2D eigenvalue weighted by Gasteiger charge is -2.35. The molecular weight excluding hydrogens is 711 g/mol. The molecule has 3 aromatic carbocycles. The van der Waals surface area contributed by atoms with Crippen LogP contribution in [0.2, 0.25) is 10.0 Å². The molecule has 0 bridgehead atoms. The van der Waals surface area contributed by atoms with E-state index in [1.165, 1.54) is 0 Å². The second kappa shape index (κ2) is 13.5. The number of methoxy groups -OCH3 is 1. The number of hydrogen-bond donors (Lipinski definition) is 1. The number of benzene rings is 3. The SMILES string of the molecule is COc1c(N2C[C@@H](C)n3c(c(CCCOc4cc(C)c(Cl)c(C)c4)c4ccc(Cl)c(-c5c(C)nn(C)c5C)c43)C2=O)ccc2c1c(C)c(C(N)=O)n2C. The van der Waals surface area contributed by atoms with E-state index in [1.54, 1.807) is 23.6 Å². The number of rotatable bonds is 9. The van der Waals surface area contributed by atoms with Gasteiger partial charge in [-0.3, -0.25) is 14.3 Å². The third kappa shape index (κ3) is 5.65. The Kier molecular flexibility index (Phi) is 9.27. The molecule has 276 valence electrons. The number of anilines is 1. The molecule has 53 heavy (non-hydrogen) atoms. The van der Waals surface area contributed by atoms with E-state index in [-0.39, 0.29) is 11.9 Å². The quantitative estimate of drug-likeness (QED) is 0.149. The zero-order valence-corrected chi connectivity index (χ0v) is 33.1. The van der Waals surface area contributed by atoms with Crippen LogP contribution < -0.4 is 20.1 Å². The third-order valence-corrected chi connectivity index (χ3v) is 11.7. The summed E-state index contributed by atoms with van der Waals surface area (Å²) in [6.07, 6.45) is 1.24. The van der Waals surface area contributed by atoms with Gasteiger partial charge in [-0.1, -0.05) is 29.3 Å². The molecule has 4 heterocycles. The van der Waals surface area contributed by atoms with Crippen LogP contribution in [0.3, 0.4) is 0 Å². The summed E-state index contributed by atoms with van der Waals surface area (Å²) in [4.78, 5) is 29.4. The minimum absolute atomic E-state index is 0.150. The van der Waals surface area contributed by atoms with Crippen molar-refractivity contribution in [2.45, 2.75) is 60.4 Å². The number of primary amides is 1. The average molecular weight is 756 g/mol. The van der Waals surface area contributed by atoms with Gasteiger partial charge in [0.2, 0.25) is 0 Å². The Morgan fingerprint density at radius 3 is 2.34 bits per heavy atom. The summed E-state index contributed by atoms with van der Waals surface area (Å²) in [7, 11) is 5.32. The Balaban J connectivity index is 1.39. The van der Waals surface area contributed by atoms with Crippen LogP contribution in [0.5, 0.6) is 11.5 Å². The van der Waals surface area contributed by atoms with Gasteiger partial charge in [0.1, 0.15) is 17.1 Å². The van der Waals surface area contributed by atoms with E-state index in [4.69, 9.17) is 43.5 Å².